The fourth-order valence-corrected chi connectivity index (χ4v) is 4.26. The lowest BCUT2D eigenvalue weighted by atomic mass is 9.57. The zero-order valence-corrected chi connectivity index (χ0v) is 13.2. The summed E-state index contributed by atoms with van der Waals surface area (Å²) in [6.07, 6.45) is 6.89. The molecule has 2 aliphatic carbocycles. The van der Waals surface area contributed by atoms with Crippen LogP contribution in [0.4, 0.5) is 0 Å². The van der Waals surface area contributed by atoms with E-state index in [9.17, 15) is 4.79 Å². The number of carbonyl (C=O) groups is 1. The van der Waals surface area contributed by atoms with E-state index >= 15 is 0 Å². The number of benzene rings is 1. The van der Waals surface area contributed by atoms with Gasteiger partial charge in [0.1, 0.15) is 5.75 Å². The Bertz CT molecular complexity index is 600. The SMILES string of the molecule is CCCC1CC(=O)C=C2CCc3cc(OC)ccc3[C@@]21C. The standard InChI is InChI=1S/C19H24O2/c1-4-5-14-11-16(20)12-15-7-6-13-10-17(21-3)8-9-18(13)19(14,15)2/h8-10,12,14H,4-7,11H2,1-3H3/t14?,19-/m1/s1. The predicted molar refractivity (Wildman–Crippen MR) is 84.8 cm³/mol. The second-order valence-electron chi connectivity index (χ2n) is 6.55. The molecule has 1 aromatic carbocycles. The Morgan fingerprint density at radius 3 is 2.86 bits per heavy atom. The van der Waals surface area contributed by atoms with Crippen LogP contribution in [0.25, 0.3) is 0 Å². The number of methoxy groups -OCH3 is 1. The second-order valence-corrected chi connectivity index (χ2v) is 6.55. The van der Waals surface area contributed by atoms with Crippen molar-refractivity contribution < 1.29 is 9.53 Å². The van der Waals surface area contributed by atoms with E-state index in [1.54, 1.807) is 7.11 Å². The van der Waals surface area contributed by atoms with Gasteiger partial charge in [-0.1, -0.05) is 31.9 Å². The molecule has 0 heterocycles. The number of rotatable bonds is 3. The lowest BCUT2D eigenvalue weighted by Crippen LogP contribution is -2.42. The van der Waals surface area contributed by atoms with Crippen molar-refractivity contribution in [1.82, 2.24) is 0 Å². The van der Waals surface area contributed by atoms with Gasteiger partial charge in [0.2, 0.25) is 0 Å². The van der Waals surface area contributed by atoms with E-state index in [1.165, 1.54) is 16.7 Å². The highest BCUT2D eigenvalue weighted by molar-refractivity contribution is 5.92. The third-order valence-corrected chi connectivity index (χ3v) is 5.44. The molecule has 0 amide bonds. The van der Waals surface area contributed by atoms with Crippen molar-refractivity contribution in [3.05, 3.63) is 41.0 Å². The van der Waals surface area contributed by atoms with E-state index in [0.29, 0.717) is 18.1 Å². The molecule has 0 N–H and O–H groups in total. The zero-order valence-electron chi connectivity index (χ0n) is 13.2. The minimum Gasteiger partial charge on any atom is -0.497 e. The van der Waals surface area contributed by atoms with Crippen molar-refractivity contribution >= 4 is 5.78 Å². The third kappa shape index (κ3) is 2.21. The van der Waals surface area contributed by atoms with Crippen molar-refractivity contribution in [2.24, 2.45) is 5.92 Å². The maximum atomic E-state index is 12.1. The largest absolute Gasteiger partial charge is 0.497 e. The summed E-state index contributed by atoms with van der Waals surface area (Å²) in [5.41, 5.74) is 4.18. The molecule has 2 heteroatoms. The van der Waals surface area contributed by atoms with Crippen LogP contribution in [0.15, 0.2) is 29.8 Å². The molecular formula is C19H24O2. The summed E-state index contributed by atoms with van der Waals surface area (Å²) in [4.78, 5) is 12.1. The summed E-state index contributed by atoms with van der Waals surface area (Å²) in [5, 5.41) is 0. The van der Waals surface area contributed by atoms with Gasteiger partial charge in [-0.25, -0.2) is 0 Å². The van der Waals surface area contributed by atoms with Gasteiger partial charge in [-0.2, -0.15) is 0 Å². The van der Waals surface area contributed by atoms with Crippen LogP contribution in [0.1, 0.15) is 50.7 Å². The molecule has 0 radical (unpaired) electrons. The first kappa shape index (κ1) is 14.4. The first-order valence-corrected chi connectivity index (χ1v) is 8.00. The molecule has 3 rings (SSSR count). The summed E-state index contributed by atoms with van der Waals surface area (Å²) in [5.74, 6) is 1.68. The molecule has 0 fully saturated rings. The van der Waals surface area contributed by atoms with Crippen LogP contribution in [-0.4, -0.2) is 12.9 Å². The molecule has 1 aromatic rings. The molecular weight excluding hydrogens is 260 g/mol. The van der Waals surface area contributed by atoms with Crippen molar-refractivity contribution in [3.8, 4) is 5.75 Å². The van der Waals surface area contributed by atoms with Crippen LogP contribution in [0.2, 0.25) is 0 Å². The number of aryl methyl sites for hydroxylation is 1. The Hall–Kier alpha value is -1.57. The molecule has 0 bridgehead atoms. The lowest BCUT2D eigenvalue weighted by Gasteiger charge is -2.46. The number of ketones is 1. The van der Waals surface area contributed by atoms with Gasteiger partial charge in [0.25, 0.3) is 0 Å². The van der Waals surface area contributed by atoms with E-state index in [2.05, 4.69) is 32.0 Å². The zero-order chi connectivity index (χ0) is 15.0. The number of hydrogen-bond donors (Lipinski definition) is 0. The molecule has 0 spiro atoms. The molecule has 0 saturated heterocycles. The highest BCUT2D eigenvalue weighted by Crippen LogP contribution is 2.51. The number of carbonyl (C=O) groups excluding carboxylic acids is 1. The van der Waals surface area contributed by atoms with Crippen LogP contribution in [0.3, 0.4) is 0 Å². The average Bonchev–Trinajstić information content (AvgIpc) is 2.48. The molecule has 2 nitrogen and oxygen atoms in total. The van der Waals surface area contributed by atoms with E-state index in [4.69, 9.17) is 4.74 Å². The summed E-state index contributed by atoms with van der Waals surface area (Å²) < 4.78 is 5.37. The summed E-state index contributed by atoms with van der Waals surface area (Å²) >= 11 is 0. The maximum Gasteiger partial charge on any atom is 0.155 e. The monoisotopic (exact) mass is 284 g/mol. The number of fused-ring (bicyclic) bond motifs is 3. The Labute approximate surface area is 127 Å². The normalized spacial score (nSPS) is 27.7. The number of hydrogen-bond acceptors (Lipinski definition) is 2. The second kappa shape index (κ2) is 5.32. The summed E-state index contributed by atoms with van der Waals surface area (Å²) in [6.45, 7) is 4.56. The third-order valence-electron chi connectivity index (χ3n) is 5.44. The van der Waals surface area contributed by atoms with E-state index in [0.717, 1.165) is 31.4 Å². The number of ether oxygens (including phenoxy) is 1. The summed E-state index contributed by atoms with van der Waals surface area (Å²) in [7, 11) is 1.72. The summed E-state index contributed by atoms with van der Waals surface area (Å²) in [6, 6.07) is 6.46. The molecule has 0 aromatic heterocycles. The molecule has 0 saturated carbocycles. The smallest absolute Gasteiger partial charge is 0.155 e. The van der Waals surface area contributed by atoms with Gasteiger partial charge < -0.3 is 4.74 Å². The van der Waals surface area contributed by atoms with Crippen molar-refractivity contribution in [1.29, 1.82) is 0 Å². The lowest BCUT2D eigenvalue weighted by molar-refractivity contribution is -0.116. The Morgan fingerprint density at radius 1 is 1.33 bits per heavy atom. The van der Waals surface area contributed by atoms with Crippen LogP contribution < -0.4 is 4.74 Å². The van der Waals surface area contributed by atoms with Crippen LogP contribution in [-0.2, 0) is 16.6 Å². The average molecular weight is 284 g/mol. The molecule has 21 heavy (non-hydrogen) atoms. The van der Waals surface area contributed by atoms with Gasteiger partial charge in [-0.15, -0.1) is 0 Å². The first-order chi connectivity index (χ1) is 10.1. The van der Waals surface area contributed by atoms with E-state index in [-0.39, 0.29) is 5.41 Å². The quantitative estimate of drug-likeness (QED) is 0.831. The molecule has 2 atom stereocenters. The minimum absolute atomic E-state index is 0.0315. The Kier molecular flexibility index (Phi) is 3.64. The Balaban J connectivity index is 2.13. The highest BCUT2D eigenvalue weighted by Gasteiger charge is 2.45. The maximum absolute atomic E-state index is 12.1. The van der Waals surface area contributed by atoms with Crippen molar-refractivity contribution in [3.63, 3.8) is 0 Å². The first-order valence-electron chi connectivity index (χ1n) is 8.00. The van der Waals surface area contributed by atoms with Gasteiger partial charge in [0, 0.05) is 11.8 Å². The fraction of sp³-hybridized carbons (Fsp3) is 0.526. The van der Waals surface area contributed by atoms with E-state index in [1.807, 2.05) is 6.08 Å². The van der Waals surface area contributed by atoms with Crippen LogP contribution in [0.5, 0.6) is 5.75 Å². The van der Waals surface area contributed by atoms with Gasteiger partial charge >= 0.3 is 0 Å². The van der Waals surface area contributed by atoms with Crippen LogP contribution in [0, 0.1) is 5.92 Å². The van der Waals surface area contributed by atoms with Crippen molar-refractivity contribution in [2.75, 3.05) is 7.11 Å². The van der Waals surface area contributed by atoms with Gasteiger partial charge in [0.05, 0.1) is 7.11 Å². The highest BCUT2D eigenvalue weighted by atomic mass is 16.5. The van der Waals surface area contributed by atoms with Gasteiger partial charge in [-0.05, 0) is 54.5 Å². The molecule has 112 valence electrons. The van der Waals surface area contributed by atoms with E-state index < -0.39 is 0 Å². The van der Waals surface area contributed by atoms with Crippen molar-refractivity contribution in [2.45, 2.75) is 51.4 Å². The molecule has 0 aliphatic heterocycles. The fourth-order valence-electron chi connectivity index (χ4n) is 4.26. The van der Waals surface area contributed by atoms with Crippen LogP contribution >= 0.6 is 0 Å². The minimum atomic E-state index is 0.0315. The Morgan fingerprint density at radius 2 is 2.14 bits per heavy atom. The molecule has 2 aliphatic rings. The predicted octanol–water partition coefficient (Wildman–Crippen LogP) is 4.21. The molecule has 1 unspecified atom stereocenters. The van der Waals surface area contributed by atoms with Gasteiger partial charge in [0.15, 0.2) is 5.78 Å². The topological polar surface area (TPSA) is 26.3 Å². The van der Waals surface area contributed by atoms with Gasteiger partial charge in [-0.3, -0.25) is 4.79 Å². The number of allylic oxidation sites excluding steroid dienone is 2.